The second-order valence-electron chi connectivity index (χ2n) is 5.36. The summed E-state index contributed by atoms with van der Waals surface area (Å²) in [5.74, 6) is 1.67. The number of hydrogen-bond acceptors (Lipinski definition) is 6. The summed E-state index contributed by atoms with van der Waals surface area (Å²) in [6, 6.07) is 10.4. The maximum Gasteiger partial charge on any atom is 0.191 e. The van der Waals surface area contributed by atoms with E-state index < -0.39 is 0 Å². The molecule has 22 heavy (non-hydrogen) atoms. The van der Waals surface area contributed by atoms with Crippen LogP contribution >= 0.6 is 11.3 Å². The molecule has 3 heterocycles. The van der Waals surface area contributed by atoms with Crippen LogP contribution in [0.1, 0.15) is 11.9 Å². The van der Waals surface area contributed by atoms with Crippen molar-refractivity contribution in [1.82, 2.24) is 15.6 Å². The minimum atomic E-state index is 0.407. The molecule has 0 aliphatic carbocycles. The van der Waals surface area contributed by atoms with Crippen LogP contribution in [0.3, 0.4) is 0 Å². The lowest BCUT2D eigenvalue weighted by atomic mass is 10.2. The maximum atomic E-state index is 5.85. The van der Waals surface area contributed by atoms with Crippen molar-refractivity contribution in [2.45, 2.75) is 19.5 Å². The van der Waals surface area contributed by atoms with Crippen molar-refractivity contribution in [3.63, 3.8) is 0 Å². The third-order valence-corrected chi connectivity index (χ3v) is 4.39. The van der Waals surface area contributed by atoms with Crippen LogP contribution in [-0.2, 0) is 6.54 Å². The number of guanidine groups is 1. The van der Waals surface area contributed by atoms with Gasteiger partial charge in [-0.3, -0.25) is 4.99 Å². The monoisotopic (exact) mass is 312 g/mol. The molecule has 5 nitrogen and oxygen atoms in total. The van der Waals surface area contributed by atoms with E-state index in [0.29, 0.717) is 12.6 Å². The molecule has 0 bridgehead atoms. The van der Waals surface area contributed by atoms with Crippen molar-refractivity contribution in [3.8, 4) is 11.5 Å². The zero-order chi connectivity index (χ0) is 14.9. The first-order valence-electron chi connectivity index (χ1n) is 7.26. The van der Waals surface area contributed by atoms with Crippen LogP contribution in [0.25, 0.3) is 22.4 Å². The fraction of sp³-hybridized carbons (Fsp3) is 0.250. The quantitative estimate of drug-likeness (QED) is 0.780. The Kier molecular flexibility index (Phi) is 3.31. The van der Waals surface area contributed by atoms with Crippen molar-refractivity contribution in [3.05, 3.63) is 40.7 Å². The second-order valence-corrected chi connectivity index (χ2v) is 6.31. The average Bonchev–Trinajstić information content (AvgIpc) is 3.23. The number of rotatable bonds is 3. The topological polar surface area (TPSA) is 62.5 Å². The number of aliphatic imine (C=N–C) groups is 1. The van der Waals surface area contributed by atoms with Gasteiger partial charge in [-0.25, -0.2) is 4.98 Å². The molecule has 1 atom stereocenters. The first-order chi connectivity index (χ1) is 10.8. The molecule has 0 saturated carbocycles. The van der Waals surface area contributed by atoms with E-state index in [-0.39, 0.29) is 0 Å². The number of benzene rings is 1. The van der Waals surface area contributed by atoms with Gasteiger partial charge >= 0.3 is 0 Å². The molecule has 1 aliphatic heterocycles. The lowest BCUT2D eigenvalue weighted by Crippen LogP contribution is -2.37. The highest BCUT2D eigenvalue weighted by Crippen LogP contribution is 2.28. The fourth-order valence-electron chi connectivity index (χ4n) is 2.43. The van der Waals surface area contributed by atoms with Gasteiger partial charge in [0.25, 0.3) is 0 Å². The molecule has 0 fully saturated rings. The molecular weight excluding hydrogens is 296 g/mol. The average molecular weight is 312 g/mol. The number of furan rings is 1. The number of fused-ring (bicyclic) bond motifs is 1. The van der Waals surface area contributed by atoms with E-state index in [1.54, 1.807) is 11.3 Å². The highest BCUT2D eigenvalue weighted by Gasteiger charge is 2.13. The molecular formula is C16H16N4OS. The third-order valence-electron chi connectivity index (χ3n) is 3.54. The summed E-state index contributed by atoms with van der Waals surface area (Å²) in [4.78, 5) is 9.01. The summed E-state index contributed by atoms with van der Waals surface area (Å²) < 4.78 is 5.85. The highest BCUT2D eigenvalue weighted by molar-refractivity contribution is 7.09. The fourth-order valence-corrected chi connectivity index (χ4v) is 3.16. The molecule has 6 heteroatoms. The Labute approximate surface area is 132 Å². The summed E-state index contributed by atoms with van der Waals surface area (Å²) in [6.07, 6.45) is 0. The number of thiazole rings is 1. The van der Waals surface area contributed by atoms with Crippen molar-refractivity contribution in [1.29, 1.82) is 0 Å². The standard InChI is InChI=1S/C16H16N4OS/c1-10-7-17-16(19-10)18-8-15-20-12(9-22-15)14-6-11-4-2-3-5-13(11)21-14/h2-6,9-10H,7-8H2,1H3,(H2,17,18,19). The summed E-state index contributed by atoms with van der Waals surface area (Å²) in [7, 11) is 0. The second kappa shape index (κ2) is 5.46. The van der Waals surface area contributed by atoms with Gasteiger partial charge in [0.2, 0.25) is 0 Å². The first kappa shape index (κ1) is 13.3. The summed E-state index contributed by atoms with van der Waals surface area (Å²) in [6.45, 7) is 3.61. The molecule has 0 radical (unpaired) electrons. The third kappa shape index (κ3) is 2.57. The lowest BCUT2D eigenvalue weighted by Gasteiger charge is -2.06. The number of para-hydroxylation sites is 1. The van der Waals surface area contributed by atoms with Crippen LogP contribution in [0.2, 0.25) is 0 Å². The smallest absolute Gasteiger partial charge is 0.191 e. The molecule has 0 spiro atoms. The van der Waals surface area contributed by atoms with Crippen LogP contribution in [0.4, 0.5) is 0 Å². The Bertz CT molecular complexity index is 802. The van der Waals surface area contributed by atoms with E-state index in [1.807, 2.05) is 35.7 Å². The van der Waals surface area contributed by atoms with E-state index in [1.165, 1.54) is 0 Å². The Morgan fingerprint density at radius 2 is 2.32 bits per heavy atom. The lowest BCUT2D eigenvalue weighted by molar-refractivity contribution is 0.629. The molecule has 2 aromatic heterocycles. The van der Waals surface area contributed by atoms with Crippen LogP contribution < -0.4 is 10.6 Å². The minimum Gasteiger partial charge on any atom is -0.454 e. The number of hydrogen-bond donors (Lipinski definition) is 2. The molecule has 1 aromatic carbocycles. The van der Waals surface area contributed by atoms with Crippen LogP contribution in [0.15, 0.2) is 45.1 Å². The van der Waals surface area contributed by atoms with Crippen molar-refractivity contribution >= 4 is 28.3 Å². The Balaban J connectivity index is 1.49. The van der Waals surface area contributed by atoms with Crippen molar-refractivity contribution in [2.75, 3.05) is 6.54 Å². The van der Waals surface area contributed by atoms with Gasteiger partial charge in [0.1, 0.15) is 16.3 Å². The SMILES string of the molecule is CC1CN=C(NCc2nc(-c3cc4ccccc4o3)cs2)N1. The maximum absolute atomic E-state index is 5.85. The molecule has 3 aromatic rings. The zero-order valence-corrected chi connectivity index (χ0v) is 13.0. The molecule has 2 N–H and O–H groups in total. The molecule has 112 valence electrons. The Morgan fingerprint density at radius 1 is 1.41 bits per heavy atom. The first-order valence-corrected chi connectivity index (χ1v) is 8.14. The van der Waals surface area contributed by atoms with Gasteiger partial charge in [-0.2, -0.15) is 0 Å². The van der Waals surface area contributed by atoms with E-state index in [2.05, 4.69) is 27.5 Å². The van der Waals surface area contributed by atoms with E-state index in [4.69, 9.17) is 4.42 Å². The summed E-state index contributed by atoms with van der Waals surface area (Å²) >= 11 is 1.62. The predicted molar refractivity (Wildman–Crippen MR) is 89.1 cm³/mol. The van der Waals surface area contributed by atoms with Crippen molar-refractivity contribution in [2.24, 2.45) is 4.99 Å². The van der Waals surface area contributed by atoms with Gasteiger partial charge in [0.15, 0.2) is 11.7 Å². The molecule has 4 rings (SSSR count). The van der Waals surface area contributed by atoms with Crippen molar-refractivity contribution < 1.29 is 4.42 Å². The Hall–Kier alpha value is -2.34. The summed E-state index contributed by atoms with van der Waals surface area (Å²) in [5, 5.41) is 10.7. The molecule has 1 unspecified atom stereocenters. The van der Waals surface area contributed by atoms with Crippen LogP contribution in [0, 0.1) is 0 Å². The highest BCUT2D eigenvalue weighted by atomic mass is 32.1. The van der Waals surface area contributed by atoms with Crippen LogP contribution in [-0.4, -0.2) is 23.5 Å². The van der Waals surface area contributed by atoms with Gasteiger partial charge < -0.3 is 15.1 Å². The molecule has 0 amide bonds. The van der Waals surface area contributed by atoms with E-state index in [9.17, 15) is 0 Å². The van der Waals surface area contributed by atoms with Gasteiger partial charge in [-0.1, -0.05) is 18.2 Å². The number of nitrogens with zero attached hydrogens (tertiary/aromatic N) is 2. The molecule has 1 aliphatic rings. The van der Waals surface area contributed by atoms with E-state index in [0.717, 1.165) is 39.9 Å². The van der Waals surface area contributed by atoms with E-state index >= 15 is 0 Å². The van der Waals surface area contributed by atoms with Gasteiger partial charge in [0.05, 0.1) is 13.1 Å². The normalized spacial score (nSPS) is 17.5. The predicted octanol–water partition coefficient (Wildman–Crippen LogP) is 2.99. The van der Waals surface area contributed by atoms with Gasteiger partial charge in [-0.15, -0.1) is 11.3 Å². The zero-order valence-electron chi connectivity index (χ0n) is 12.2. The summed E-state index contributed by atoms with van der Waals surface area (Å²) in [5.41, 5.74) is 1.77. The van der Waals surface area contributed by atoms with Gasteiger partial charge in [0, 0.05) is 16.8 Å². The number of aromatic nitrogens is 1. The number of nitrogens with one attached hydrogen (secondary N) is 2. The van der Waals surface area contributed by atoms with Crippen LogP contribution in [0.5, 0.6) is 0 Å². The molecule has 0 saturated heterocycles. The largest absolute Gasteiger partial charge is 0.454 e. The Morgan fingerprint density at radius 3 is 3.14 bits per heavy atom. The minimum absolute atomic E-state index is 0.407. The van der Waals surface area contributed by atoms with Gasteiger partial charge in [-0.05, 0) is 19.1 Å².